The third-order valence-corrected chi connectivity index (χ3v) is 3.43. The second kappa shape index (κ2) is 3.06. The van der Waals surface area contributed by atoms with E-state index in [-0.39, 0.29) is 12.4 Å². The van der Waals surface area contributed by atoms with Gasteiger partial charge in [-0.05, 0) is 22.9 Å². The number of halogens is 1. The van der Waals surface area contributed by atoms with Crippen LogP contribution in [0.25, 0.3) is 0 Å². The zero-order valence-electron chi connectivity index (χ0n) is 6.33. The Hall–Kier alpha value is -0.560. The molecule has 5 nitrogen and oxygen atoms in total. The van der Waals surface area contributed by atoms with Gasteiger partial charge in [0.05, 0.1) is 4.48 Å². The van der Waals surface area contributed by atoms with Gasteiger partial charge in [-0.2, -0.15) is 8.42 Å². The third-order valence-electron chi connectivity index (χ3n) is 1.39. The smallest absolute Gasteiger partial charge is 0.283 e. The van der Waals surface area contributed by atoms with Crippen LogP contribution in [0.15, 0.2) is 10.7 Å². The number of nitrogens with one attached hydrogen (secondary N) is 2. The summed E-state index contributed by atoms with van der Waals surface area (Å²) in [5, 5.41) is 7.40. The molecule has 12 heavy (non-hydrogen) atoms. The topological polar surface area (TPSA) is 73.3 Å². The zero-order valence-corrected chi connectivity index (χ0v) is 8.74. The highest BCUT2D eigenvalue weighted by molar-refractivity contribution is 9.12. The molecule has 2 N–H and O–H groups in total. The lowest BCUT2D eigenvalue weighted by molar-refractivity contribution is 0.521. The van der Waals surface area contributed by atoms with Crippen LogP contribution < -0.4 is 4.72 Å². The minimum atomic E-state index is -3.50. The molecular formula is C5H8BrN3O2S. The molecule has 1 heterocycles. The summed E-state index contributed by atoms with van der Waals surface area (Å²) >= 11 is 3.05. The van der Waals surface area contributed by atoms with Gasteiger partial charge in [0.1, 0.15) is 0 Å². The van der Waals surface area contributed by atoms with Crippen LogP contribution in [-0.2, 0) is 10.2 Å². The summed E-state index contributed by atoms with van der Waals surface area (Å²) in [7, 11) is -3.50. The predicted molar refractivity (Wildman–Crippen MR) is 49.2 cm³/mol. The van der Waals surface area contributed by atoms with Crippen molar-refractivity contribution in [1.29, 1.82) is 5.41 Å². The summed E-state index contributed by atoms with van der Waals surface area (Å²) in [4.78, 5) is 0. The molecule has 0 aromatic carbocycles. The van der Waals surface area contributed by atoms with Gasteiger partial charge >= 0.3 is 10.2 Å². The molecular weight excluding hydrogens is 246 g/mol. The number of hydrogen-bond acceptors (Lipinski definition) is 3. The van der Waals surface area contributed by atoms with Crippen molar-refractivity contribution in [1.82, 2.24) is 9.03 Å². The van der Waals surface area contributed by atoms with Crippen LogP contribution >= 0.6 is 15.9 Å². The van der Waals surface area contributed by atoms with Gasteiger partial charge in [-0.25, -0.2) is 4.31 Å². The summed E-state index contributed by atoms with van der Waals surface area (Å²) in [5.41, 5.74) is 0. The van der Waals surface area contributed by atoms with E-state index in [9.17, 15) is 8.42 Å². The molecule has 0 amide bonds. The van der Waals surface area contributed by atoms with E-state index in [1.54, 1.807) is 6.92 Å². The summed E-state index contributed by atoms with van der Waals surface area (Å²) in [6, 6.07) is 0. The fraction of sp³-hybridized carbons (Fsp3) is 0.400. The average Bonchev–Trinajstić information content (AvgIpc) is 1.99. The van der Waals surface area contributed by atoms with Crippen LogP contribution in [0.2, 0.25) is 0 Å². The van der Waals surface area contributed by atoms with Crippen LogP contribution in [-0.4, -0.2) is 25.1 Å². The van der Waals surface area contributed by atoms with Crippen molar-refractivity contribution in [3.8, 4) is 0 Å². The van der Waals surface area contributed by atoms with Crippen molar-refractivity contribution in [3.63, 3.8) is 0 Å². The Morgan fingerprint density at radius 1 is 1.75 bits per heavy atom. The largest absolute Gasteiger partial charge is 0.324 e. The number of nitrogens with zero attached hydrogens (tertiary/aromatic N) is 1. The van der Waals surface area contributed by atoms with Gasteiger partial charge in [-0.15, -0.1) is 0 Å². The van der Waals surface area contributed by atoms with E-state index in [0.29, 0.717) is 4.48 Å². The Bertz CT molecular complexity index is 335. The molecule has 0 aliphatic carbocycles. The number of hydrogen-bond donors (Lipinski definition) is 2. The molecule has 0 saturated carbocycles. The van der Waals surface area contributed by atoms with Gasteiger partial charge in [0.2, 0.25) is 0 Å². The lowest BCUT2D eigenvalue weighted by Crippen LogP contribution is -2.45. The van der Waals surface area contributed by atoms with E-state index < -0.39 is 10.2 Å². The molecule has 1 rings (SSSR count). The fourth-order valence-electron chi connectivity index (χ4n) is 0.826. The maximum Gasteiger partial charge on any atom is 0.324 e. The molecule has 0 spiro atoms. The minimum absolute atomic E-state index is 0.0451. The molecule has 0 saturated heterocycles. The Balaban J connectivity index is 3.13. The standard InChI is InChI=1S/C5H8BrN3O2S/c1-2-9-5(7)4(6)3-8-12(9,10)11/h3,7-8H,2H2,1H3. The summed E-state index contributed by atoms with van der Waals surface area (Å²) in [6.45, 7) is 1.91. The molecule has 0 aromatic rings. The van der Waals surface area contributed by atoms with E-state index in [2.05, 4.69) is 20.7 Å². The van der Waals surface area contributed by atoms with Crippen LogP contribution in [0.1, 0.15) is 6.92 Å². The van der Waals surface area contributed by atoms with Crippen molar-refractivity contribution in [2.45, 2.75) is 6.92 Å². The van der Waals surface area contributed by atoms with Crippen molar-refractivity contribution in [2.75, 3.05) is 6.54 Å². The highest BCUT2D eigenvalue weighted by Gasteiger charge is 2.27. The molecule has 0 aromatic heterocycles. The van der Waals surface area contributed by atoms with Crippen LogP contribution in [0, 0.1) is 5.41 Å². The third kappa shape index (κ3) is 1.46. The lowest BCUT2D eigenvalue weighted by Gasteiger charge is -2.26. The molecule has 0 atom stereocenters. The van der Waals surface area contributed by atoms with Crippen molar-refractivity contribution < 1.29 is 8.42 Å². The van der Waals surface area contributed by atoms with E-state index in [4.69, 9.17) is 5.41 Å². The average molecular weight is 254 g/mol. The van der Waals surface area contributed by atoms with Gasteiger partial charge in [0.25, 0.3) is 0 Å². The quantitative estimate of drug-likeness (QED) is 0.709. The molecule has 0 bridgehead atoms. The molecule has 1 aliphatic rings. The first-order valence-electron chi connectivity index (χ1n) is 3.23. The van der Waals surface area contributed by atoms with E-state index in [1.807, 2.05) is 0 Å². The summed E-state index contributed by atoms with van der Waals surface area (Å²) in [6.07, 6.45) is 1.24. The normalized spacial score (nSPS) is 21.7. The highest BCUT2D eigenvalue weighted by atomic mass is 79.9. The minimum Gasteiger partial charge on any atom is -0.283 e. The van der Waals surface area contributed by atoms with Crippen molar-refractivity contribution in [2.24, 2.45) is 0 Å². The zero-order chi connectivity index (χ0) is 9.35. The van der Waals surface area contributed by atoms with Gasteiger partial charge in [-0.3, -0.25) is 10.1 Å². The molecule has 0 radical (unpaired) electrons. The van der Waals surface area contributed by atoms with Crippen LogP contribution in [0.5, 0.6) is 0 Å². The van der Waals surface area contributed by atoms with Gasteiger partial charge in [0.15, 0.2) is 5.84 Å². The molecule has 7 heteroatoms. The Morgan fingerprint density at radius 2 is 2.33 bits per heavy atom. The highest BCUT2D eigenvalue weighted by Crippen LogP contribution is 2.16. The number of likely N-dealkylation sites (N-methyl/N-ethyl adjacent to an activating group) is 1. The Morgan fingerprint density at radius 3 is 2.75 bits per heavy atom. The first-order valence-corrected chi connectivity index (χ1v) is 5.47. The van der Waals surface area contributed by atoms with E-state index >= 15 is 0 Å². The monoisotopic (exact) mass is 253 g/mol. The van der Waals surface area contributed by atoms with Crippen molar-refractivity contribution in [3.05, 3.63) is 10.7 Å². The Kier molecular flexibility index (Phi) is 2.43. The molecule has 68 valence electrons. The summed E-state index contributed by atoms with van der Waals surface area (Å²) in [5.74, 6) is -0.0451. The van der Waals surface area contributed by atoms with E-state index in [1.165, 1.54) is 6.20 Å². The van der Waals surface area contributed by atoms with Gasteiger partial charge in [0, 0.05) is 12.7 Å². The Labute approximate surface area is 79.3 Å². The first kappa shape index (κ1) is 9.53. The van der Waals surface area contributed by atoms with E-state index in [0.717, 1.165) is 4.31 Å². The maximum atomic E-state index is 11.2. The summed E-state index contributed by atoms with van der Waals surface area (Å²) < 4.78 is 25.9. The molecule has 1 aliphatic heterocycles. The van der Waals surface area contributed by atoms with Gasteiger partial charge < -0.3 is 0 Å². The molecule has 0 fully saturated rings. The van der Waals surface area contributed by atoms with Gasteiger partial charge in [-0.1, -0.05) is 0 Å². The second-order valence-electron chi connectivity index (χ2n) is 2.13. The second-order valence-corrected chi connectivity index (χ2v) is 4.61. The lowest BCUT2D eigenvalue weighted by atomic mass is 10.5. The SMILES string of the molecule is CCN1C(=N)C(Br)=CNS1(=O)=O. The van der Waals surface area contributed by atoms with Crippen LogP contribution in [0.3, 0.4) is 0 Å². The van der Waals surface area contributed by atoms with Crippen LogP contribution in [0.4, 0.5) is 0 Å². The number of rotatable bonds is 1. The first-order chi connectivity index (χ1) is 5.49. The fourth-order valence-corrected chi connectivity index (χ4v) is 2.50. The maximum absolute atomic E-state index is 11.2. The molecule has 0 unspecified atom stereocenters. The number of amidine groups is 1. The van der Waals surface area contributed by atoms with Crippen molar-refractivity contribution >= 4 is 32.0 Å². The predicted octanol–water partition coefficient (Wildman–Crippen LogP) is 0.370.